The third-order valence-electron chi connectivity index (χ3n) is 4.55. The van der Waals surface area contributed by atoms with E-state index in [1.807, 2.05) is 18.2 Å². The molecule has 4 rings (SSSR count). The lowest BCUT2D eigenvalue weighted by Gasteiger charge is -2.32. The summed E-state index contributed by atoms with van der Waals surface area (Å²) in [5.74, 6) is -0.126. The number of amides is 1. The Kier molecular flexibility index (Phi) is 3.72. The van der Waals surface area contributed by atoms with Gasteiger partial charge in [0.1, 0.15) is 0 Å². The number of carbonyl (C=O) groups excluding carboxylic acids is 1. The molecule has 1 amide bonds. The average Bonchev–Trinajstić information content (AvgIpc) is 3.08. The van der Waals surface area contributed by atoms with Gasteiger partial charge in [-0.15, -0.1) is 0 Å². The number of fused-ring (bicyclic) bond motifs is 1. The number of hydrogen-bond donors (Lipinski definition) is 2. The Morgan fingerprint density at radius 3 is 2.80 bits per heavy atom. The fourth-order valence-corrected chi connectivity index (χ4v) is 3.41. The normalized spacial score (nSPS) is 16.5. The molecule has 0 fully saturated rings. The molecule has 126 valence electrons. The van der Waals surface area contributed by atoms with Crippen LogP contribution in [0.4, 0.5) is 0 Å². The topological polar surface area (TPSA) is 81.8 Å². The molecular weight excluding hydrogens is 316 g/mol. The fraction of sp³-hybridized carbons (Fsp3) is 0.211. The largest absolute Gasteiger partial charge is 0.347 e. The van der Waals surface area contributed by atoms with Gasteiger partial charge in [-0.05, 0) is 18.6 Å². The van der Waals surface area contributed by atoms with Gasteiger partial charge in [0.2, 0.25) is 5.56 Å². The van der Waals surface area contributed by atoms with Gasteiger partial charge in [-0.1, -0.05) is 30.3 Å². The van der Waals surface area contributed by atoms with E-state index in [2.05, 4.69) is 27.1 Å². The molecule has 0 saturated carbocycles. The molecule has 2 N–H and O–H groups in total. The van der Waals surface area contributed by atoms with Gasteiger partial charge in [0.15, 0.2) is 0 Å². The van der Waals surface area contributed by atoms with Crippen molar-refractivity contribution in [2.45, 2.75) is 19.4 Å². The van der Waals surface area contributed by atoms with Crippen molar-refractivity contribution < 1.29 is 4.79 Å². The Balaban J connectivity index is 1.70. The van der Waals surface area contributed by atoms with Crippen molar-refractivity contribution >= 4 is 5.91 Å². The second-order valence-corrected chi connectivity index (χ2v) is 6.33. The van der Waals surface area contributed by atoms with Gasteiger partial charge in [-0.2, -0.15) is 0 Å². The first-order valence-corrected chi connectivity index (χ1v) is 8.19. The van der Waals surface area contributed by atoms with E-state index >= 15 is 0 Å². The number of benzene rings is 1. The highest BCUT2D eigenvalue weighted by Crippen LogP contribution is 2.31. The number of aromatic nitrogens is 3. The van der Waals surface area contributed by atoms with E-state index in [-0.39, 0.29) is 17.4 Å². The lowest BCUT2D eigenvalue weighted by atomic mass is 9.90. The molecule has 6 nitrogen and oxygen atoms in total. The standard InChI is InChI=1S/C19H18N4O2/c1-12-7-14(8-17(24)22-12)19(25)23-9-15(13-5-3-2-4-6-13)18-16(10-23)20-11-21-18/h2-8,11,15H,9-10H2,1H3,(H,20,21)(H,22,24). The minimum absolute atomic E-state index is 0.0169. The van der Waals surface area contributed by atoms with Crippen LogP contribution in [0.3, 0.4) is 0 Å². The molecule has 1 atom stereocenters. The molecule has 25 heavy (non-hydrogen) atoms. The first-order valence-electron chi connectivity index (χ1n) is 8.19. The quantitative estimate of drug-likeness (QED) is 0.754. The molecule has 0 bridgehead atoms. The lowest BCUT2D eigenvalue weighted by Crippen LogP contribution is -2.39. The van der Waals surface area contributed by atoms with Gasteiger partial charge >= 0.3 is 0 Å². The van der Waals surface area contributed by atoms with Crippen molar-refractivity contribution in [3.05, 3.63) is 87.4 Å². The number of H-pyrrole nitrogens is 2. The zero-order valence-corrected chi connectivity index (χ0v) is 13.8. The van der Waals surface area contributed by atoms with Crippen molar-refractivity contribution in [1.29, 1.82) is 0 Å². The van der Waals surface area contributed by atoms with Gasteiger partial charge in [0, 0.05) is 29.8 Å². The first-order chi connectivity index (χ1) is 12.1. The van der Waals surface area contributed by atoms with Crippen LogP contribution >= 0.6 is 0 Å². The summed E-state index contributed by atoms with van der Waals surface area (Å²) in [5.41, 5.74) is 3.87. The number of carbonyl (C=O) groups is 1. The van der Waals surface area contributed by atoms with E-state index in [4.69, 9.17) is 0 Å². The van der Waals surface area contributed by atoms with Crippen molar-refractivity contribution in [3.8, 4) is 0 Å². The molecule has 0 radical (unpaired) electrons. The van der Waals surface area contributed by atoms with Crippen molar-refractivity contribution in [1.82, 2.24) is 19.9 Å². The summed E-state index contributed by atoms with van der Waals surface area (Å²) < 4.78 is 0. The Bertz CT molecular complexity index is 974. The summed E-state index contributed by atoms with van der Waals surface area (Å²) in [6.07, 6.45) is 1.67. The molecule has 0 spiro atoms. The summed E-state index contributed by atoms with van der Waals surface area (Å²) in [4.78, 5) is 36.7. The van der Waals surface area contributed by atoms with Crippen LogP contribution in [0.15, 0.2) is 53.6 Å². The van der Waals surface area contributed by atoms with Crippen molar-refractivity contribution in [2.24, 2.45) is 0 Å². The van der Waals surface area contributed by atoms with E-state index in [0.717, 1.165) is 17.0 Å². The SMILES string of the molecule is Cc1cc(C(=O)N2Cc3[nH]cnc3C(c3ccccc3)C2)cc(=O)[nH]1. The number of aromatic amines is 2. The maximum absolute atomic E-state index is 13.0. The Labute approximate surface area is 144 Å². The maximum atomic E-state index is 13.0. The number of nitrogens with one attached hydrogen (secondary N) is 2. The first kappa shape index (κ1) is 15.4. The summed E-state index contributed by atoms with van der Waals surface area (Å²) >= 11 is 0. The van der Waals surface area contributed by atoms with E-state index < -0.39 is 0 Å². The molecular formula is C19H18N4O2. The monoisotopic (exact) mass is 334 g/mol. The second-order valence-electron chi connectivity index (χ2n) is 6.33. The molecule has 3 aromatic rings. The molecule has 3 heterocycles. The van der Waals surface area contributed by atoms with E-state index in [0.29, 0.717) is 24.3 Å². The highest BCUT2D eigenvalue weighted by Gasteiger charge is 2.31. The highest BCUT2D eigenvalue weighted by molar-refractivity contribution is 5.94. The van der Waals surface area contributed by atoms with Crippen LogP contribution in [0.2, 0.25) is 0 Å². The lowest BCUT2D eigenvalue weighted by molar-refractivity contribution is 0.0721. The highest BCUT2D eigenvalue weighted by atomic mass is 16.2. The molecule has 1 aromatic carbocycles. The van der Waals surface area contributed by atoms with Crippen LogP contribution < -0.4 is 5.56 Å². The summed E-state index contributed by atoms with van der Waals surface area (Å²) in [6, 6.07) is 13.1. The summed E-state index contributed by atoms with van der Waals surface area (Å²) in [7, 11) is 0. The fourth-order valence-electron chi connectivity index (χ4n) is 3.41. The second kappa shape index (κ2) is 6.05. The minimum Gasteiger partial charge on any atom is -0.347 e. The molecule has 0 aliphatic carbocycles. The number of hydrogen-bond acceptors (Lipinski definition) is 3. The van der Waals surface area contributed by atoms with E-state index in [1.165, 1.54) is 6.07 Å². The molecule has 1 unspecified atom stereocenters. The molecule has 0 saturated heterocycles. The molecule has 1 aliphatic rings. The van der Waals surface area contributed by atoms with Gasteiger partial charge in [-0.3, -0.25) is 9.59 Å². The van der Waals surface area contributed by atoms with Crippen LogP contribution in [0.5, 0.6) is 0 Å². The molecule has 2 aromatic heterocycles. The number of imidazole rings is 1. The summed E-state index contributed by atoms with van der Waals surface area (Å²) in [5, 5.41) is 0. The van der Waals surface area contributed by atoms with Crippen LogP contribution in [0.1, 0.15) is 38.9 Å². The van der Waals surface area contributed by atoms with Crippen LogP contribution in [0, 0.1) is 6.92 Å². The Hall–Kier alpha value is -3.15. The Morgan fingerprint density at radius 2 is 2.04 bits per heavy atom. The number of nitrogens with zero attached hydrogens (tertiary/aromatic N) is 2. The minimum atomic E-state index is -0.262. The maximum Gasteiger partial charge on any atom is 0.254 e. The number of pyridine rings is 1. The van der Waals surface area contributed by atoms with Gasteiger partial charge in [-0.25, -0.2) is 4.98 Å². The Morgan fingerprint density at radius 1 is 1.24 bits per heavy atom. The third kappa shape index (κ3) is 2.87. The van der Waals surface area contributed by atoms with Crippen LogP contribution in [-0.4, -0.2) is 32.3 Å². The average molecular weight is 334 g/mol. The zero-order valence-electron chi connectivity index (χ0n) is 13.8. The number of rotatable bonds is 2. The van der Waals surface area contributed by atoms with Crippen molar-refractivity contribution in [3.63, 3.8) is 0 Å². The van der Waals surface area contributed by atoms with Gasteiger partial charge in [0.05, 0.1) is 24.3 Å². The predicted octanol–water partition coefficient (Wildman–Crippen LogP) is 2.19. The smallest absolute Gasteiger partial charge is 0.254 e. The van der Waals surface area contributed by atoms with Gasteiger partial charge < -0.3 is 14.9 Å². The van der Waals surface area contributed by atoms with Gasteiger partial charge in [0.25, 0.3) is 5.91 Å². The van der Waals surface area contributed by atoms with Crippen LogP contribution in [-0.2, 0) is 6.54 Å². The molecule has 6 heteroatoms. The van der Waals surface area contributed by atoms with E-state index in [9.17, 15) is 9.59 Å². The third-order valence-corrected chi connectivity index (χ3v) is 4.55. The predicted molar refractivity (Wildman–Crippen MR) is 93.4 cm³/mol. The number of aryl methyl sites for hydroxylation is 1. The van der Waals surface area contributed by atoms with Crippen LogP contribution in [0.25, 0.3) is 0 Å². The zero-order chi connectivity index (χ0) is 17.4. The van der Waals surface area contributed by atoms with Crippen molar-refractivity contribution in [2.75, 3.05) is 6.54 Å². The summed E-state index contributed by atoms with van der Waals surface area (Å²) in [6.45, 7) is 2.77. The van der Waals surface area contributed by atoms with E-state index in [1.54, 1.807) is 24.2 Å². The molecule has 1 aliphatic heterocycles.